The number of carbonyl (C=O) groups is 2. The number of hydrogen-bond acceptors (Lipinski definition) is 3. The zero-order chi connectivity index (χ0) is 20.8. The van der Waals surface area contributed by atoms with Crippen molar-refractivity contribution >= 4 is 23.2 Å². The maximum atomic E-state index is 12.7. The minimum absolute atomic E-state index is 0.0456. The zero-order valence-electron chi connectivity index (χ0n) is 17.6. The van der Waals surface area contributed by atoms with Crippen molar-refractivity contribution < 1.29 is 14.3 Å². The highest BCUT2D eigenvalue weighted by Gasteiger charge is 2.24. The topological polar surface area (TPSA) is 58.6 Å². The van der Waals surface area contributed by atoms with Gasteiger partial charge in [0.1, 0.15) is 12.3 Å². The molecule has 0 atom stereocenters. The van der Waals surface area contributed by atoms with Crippen molar-refractivity contribution in [3.05, 3.63) is 53.6 Å². The van der Waals surface area contributed by atoms with Crippen LogP contribution in [0.1, 0.15) is 57.6 Å². The second-order valence-corrected chi connectivity index (χ2v) is 7.48. The number of carbonyl (C=O) groups excluding carboxylic acids is 2. The molecule has 2 amide bonds. The van der Waals surface area contributed by atoms with E-state index in [4.69, 9.17) is 4.74 Å². The minimum atomic E-state index is -0.253. The van der Waals surface area contributed by atoms with Gasteiger partial charge in [0, 0.05) is 18.7 Å². The van der Waals surface area contributed by atoms with E-state index < -0.39 is 0 Å². The number of benzene rings is 2. The number of ether oxygens (including phenoxy) is 1. The Hall–Kier alpha value is -2.82. The standard InChI is InChI=1S/C23H30N2O3/c1-15(2)20-11-8-12-21(16(3)4)23(20)25(17(5)26)14-22(27)24-18-9-7-10-19(13-18)28-6/h7-13,15-16H,14H2,1-6H3,(H,24,27). The van der Waals surface area contributed by atoms with Crippen LogP contribution >= 0.6 is 0 Å². The first-order valence-corrected chi connectivity index (χ1v) is 9.59. The molecule has 5 heteroatoms. The predicted molar refractivity (Wildman–Crippen MR) is 114 cm³/mol. The molecule has 150 valence electrons. The molecule has 2 aromatic carbocycles. The second kappa shape index (κ2) is 9.40. The molecule has 0 aliphatic rings. The largest absolute Gasteiger partial charge is 0.497 e. The van der Waals surface area contributed by atoms with E-state index in [-0.39, 0.29) is 30.2 Å². The van der Waals surface area contributed by atoms with Crippen LogP contribution in [0.25, 0.3) is 0 Å². The SMILES string of the molecule is COc1cccc(NC(=O)CN(C(C)=O)c2c(C(C)C)cccc2C(C)C)c1. The molecule has 2 aromatic rings. The third kappa shape index (κ3) is 5.12. The van der Waals surface area contributed by atoms with Gasteiger partial charge in [-0.2, -0.15) is 0 Å². The van der Waals surface area contributed by atoms with Gasteiger partial charge in [-0.1, -0.05) is 52.0 Å². The fourth-order valence-corrected chi connectivity index (χ4v) is 3.22. The fourth-order valence-electron chi connectivity index (χ4n) is 3.22. The van der Waals surface area contributed by atoms with Crippen LogP contribution in [-0.4, -0.2) is 25.5 Å². The third-order valence-corrected chi connectivity index (χ3v) is 4.65. The van der Waals surface area contributed by atoms with Gasteiger partial charge in [0.15, 0.2) is 0 Å². The van der Waals surface area contributed by atoms with E-state index in [1.807, 2.05) is 30.3 Å². The number of hydrogen-bond donors (Lipinski definition) is 1. The van der Waals surface area contributed by atoms with Crippen molar-refractivity contribution in [3.8, 4) is 5.75 Å². The van der Waals surface area contributed by atoms with Crippen LogP contribution in [0.5, 0.6) is 5.75 Å². The lowest BCUT2D eigenvalue weighted by Gasteiger charge is -2.29. The summed E-state index contributed by atoms with van der Waals surface area (Å²) >= 11 is 0. The highest BCUT2D eigenvalue weighted by atomic mass is 16.5. The van der Waals surface area contributed by atoms with Gasteiger partial charge < -0.3 is 15.0 Å². The van der Waals surface area contributed by atoms with Crippen LogP contribution < -0.4 is 15.0 Å². The predicted octanol–water partition coefficient (Wildman–Crippen LogP) is 4.93. The molecule has 0 bridgehead atoms. The lowest BCUT2D eigenvalue weighted by molar-refractivity contribution is -0.120. The normalized spacial score (nSPS) is 10.9. The Kier molecular flexibility index (Phi) is 7.21. The molecule has 0 heterocycles. The maximum absolute atomic E-state index is 12.7. The lowest BCUT2D eigenvalue weighted by Crippen LogP contribution is -2.38. The lowest BCUT2D eigenvalue weighted by atomic mass is 9.91. The Morgan fingerprint density at radius 3 is 2.07 bits per heavy atom. The van der Waals surface area contributed by atoms with Crippen molar-refractivity contribution in [2.75, 3.05) is 23.9 Å². The smallest absolute Gasteiger partial charge is 0.244 e. The number of nitrogens with zero attached hydrogens (tertiary/aromatic N) is 1. The molecule has 0 aliphatic carbocycles. The number of rotatable bonds is 7. The Labute approximate surface area is 167 Å². The first-order valence-electron chi connectivity index (χ1n) is 9.59. The van der Waals surface area contributed by atoms with Crippen molar-refractivity contribution in [3.63, 3.8) is 0 Å². The molecule has 2 rings (SSSR count). The Morgan fingerprint density at radius 2 is 1.57 bits per heavy atom. The van der Waals surface area contributed by atoms with Crippen molar-refractivity contribution in [2.24, 2.45) is 0 Å². The van der Waals surface area contributed by atoms with E-state index in [1.165, 1.54) is 6.92 Å². The van der Waals surface area contributed by atoms with Crippen molar-refractivity contribution in [1.82, 2.24) is 0 Å². The minimum Gasteiger partial charge on any atom is -0.497 e. The molecule has 0 saturated heterocycles. The Balaban J connectivity index is 2.36. The van der Waals surface area contributed by atoms with E-state index >= 15 is 0 Å². The molecule has 0 radical (unpaired) electrons. The van der Waals surface area contributed by atoms with Crippen LogP contribution in [0.2, 0.25) is 0 Å². The van der Waals surface area contributed by atoms with Gasteiger partial charge in [-0.05, 0) is 35.1 Å². The first kappa shape index (κ1) is 21.5. The van der Waals surface area contributed by atoms with E-state index in [1.54, 1.807) is 24.1 Å². The number of amides is 2. The molecular formula is C23H30N2O3. The molecule has 0 aromatic heterocycles. The van der Waals surface area contributed by atoms with Crippen LogP contribution in [0.15, 0.2) is 42.5 Å². The zero-order valence-corrected chi connectivity index (χ0v) is 17.6. The molecule has 0 saturated carbocycles. The summed E-state index contributed by atoms with van der Waals surface area (Å²) in [5.41, 5.74) is 3.61. The Morgan fingerprint density at radius 1 is 1.00 bits per heavy atom. The summed E-state index contributed by atoms with van der Waals surface area (Å²) in [5, 5.41) is 2.86. The Bertz CT molecular complexity index is 817. The summed E-state index contributed by atoms with van der Waals surface area (Å²) < 4.78 is 5.19. The second-order valence-electron chi connectivity index (χ2n) is 7.48. The van der Waals surface area contributed by atoms with Crippen molar-refractivity contribution in [1.29, 1.82) is 0 Å². The van der Waals surface area contributed by atoms with Crippen LogP contribution in [0, 0.1) is 0 Å². The summed E-state index contributed by atoms with van der Waals surface area (Å²) in [5.74, 6) is 0.718. The first-order chi connectivity index (χ1) is 13.2. The molecular weight excluding hydrogens is 352 g/mol. The summed E-state index contributed by atoms with van der Waals surface area (Å²) in [7, 11) is 1.58. The van der Waals surface area contributed by atoms with Crippen LogP contribution in [-0.2, 0) is 9.59 Å². The van der Waals surface area contributed by atoms with E-state index in [2.05, 4.69) is 33.0 Å². The maximum Gasteiger partial charge on any atom is 0.244 e. The summed E-state index contributed by atoms with van der Waals surface area (Å²) in [6.45, 7) is 9.83. The fraction of sp³-hybridized carbons (Fsp3) is 0.391. The summed E-state index contributed by atoms with van der Waals surface area (Å²) in [6, 6.07) is 13.2. The third-order valence-electron chi connectivity index (χ3n) is 4.65. The quantitative estimate of drug-likeness (QED) is 0.738. The molecule has 28 heavy (non-hydrogen) atoms. The van der Waals surface area contributed by atoms with Gasteiger partial charge in [0.05, 0.1) is 12.8 Å². The number of nitrogens with one attached hydrogen (secondary N) is 1. The van der Waals surface area contributed by atoms with Gasteiger partial charge in [-0.15, -0.1) is 0 Å². The molecule has 1 N–H and O–H groups in total. The summed E-state index contributed by atoms with van der Waals surface area (Å²) in [4.78, 5) is 26.8. The molecule has 0 aliphatic heterocycles. The highest BCUT2D eigenvalue weighted by Crippen LogP contribution is 2.35. The van der Waals surface area contributed by atoms with E-state index in [0.717, 1.165) is 16.8 Å². The number of para-hydroxylation sites is 1. The van der Waals surface area contributed by atoms with Crippen LogP contribution in [0.4, 0.5) is 11.4 Å². The number of methoxy groups -OCH3 is 1. The van der Waals surface area contributed by atoms with Crippen LogP contribution in [0.3, 0.4) is 0 Å². The molecule has 0 unspecified atom stereocenters. The van der Waals surface area contributed by atoms with Gasteiger partial charge in [-0.25, -0.2) is 0 Å². The monoisotopic (exact) mass is 382 g/mol. The summed E-state index contributed by atoms with van der Waals surface area (Å²) in [6.07, 6.45) is 0. The van der Waals surface area contributed by atoms with Gasteiger partial charge in [0.2, 0.25) is 11.8 Å². The number of anilines is 2. The van der Waals surface area contributed by atoms with Crippen molar-refractivity contribution in [2.45, 2.75) is 46.5 Å². The average Bonchev–Trinajstić information content (AvgIpc) is 2.65. The highest BCUT2D eigenvalue weighted by molar-refractivity contribution is 6.02. The van der Waals surface area contributed by atoms with E-state index in [0.29, 0.717) is 11.4 Å². The van der Waals surface area contributed by atoms with Gasteiger partial charge >= 0.3 is 0 Å². The van der Waals surface area contributed by atoms with E-state index in [9.17, 15) is 9.59 Å². The molecule has 0 fully saturated rings. The average molecular weight is 383 g/mol. The molecule has 0 spiro atoms. The van der Waals surface area contributed by atoms with Gasteiger partial charge in [-0.3, -0.25) is 9.59 Å². The molecule has 5 nitrogen and oxygen atoms in total. The van der Waals surface area contributed by atoms with Gasteiger partial charge in [0.25, 0.3) is 0 Å².